The molecule has 1 fully saturated rings. The number of nitrogens with one attached hydrogen (secondary N) is 1. The lowest BCUT2D eigenvalue weighted by molar-refractivity contribution is 0.0927. The van der Waals surface area contributed by atoms with Crippen LogP contribution in [0.3, 0.4) is 0 Å². The summed E-state index contributed by atoms with van der Waals surface area (Å²) in [5.41, 5.74) is 5.75. The number of carbonyl (C=O) groups is 1. The lowest BCUT2D eigenvalue weighted by Crippen LogP contribution is -2.35. The zero-order valence-corrected chi connectivity index (χ0v) is 10.0. The first kappa shape index (κ1) is 11.8. The van der Waals surface area contributed by atoms with Crippen molar-refractivity contribution in [2.24, 2.45) is 5.92 Å². The molecule has 0 aliphatic heterocycles. The number of nitrogen functional groups attached to an aromatic ring is 1. The second-order valence-corrected chi connectivity index (χ2v) is 4.58. The summed E-state index contributed by atoms with van der Waals surface area (Å²) in [6.45, 7) is 2.09. The fourth-order valence-corrected chi connectivity index (χ4v) is 1.80. The number of amides is 1. The predicted octanol–water partition coefficient (Wildman–Crippen LogP) is 1.37. The van der Waals surface area contributed by atoms with Crippen LogP contribution >= 0.6 is 0 Å². The highest BCUT2D eigenvalue weighted by atomic mass is 16.1. The molecule has 1 aliphatic rings. The molecule has 1 saturated carbocycles. The Labute approximate surface area is 101 Å². The fraction of sp³-hybridized carbons (Fsp3) is 0.583. The molecule has 0 bridgehead atoms. The van der Waals surface area contributed by atoms with Crippen molar-refractivity contribution in [2.45, 2.75) is 38.6 Å². The van der Waals surface area contributed by atoms with Gasteiger partial charge in [0.1, 0.15) is 11.5 Å². The van der Waals surface area contributed by atoms with Crippen molar-refractivity contribution < 1.29 is 4.79 Å². The van der Waals surface area contributed by atoms with E-state index >= 15 is 0 Å². The molecule has 3 N–H and O–H groups in total. The summed E-state index contributed by atoms with van der Waals surface area (Å²) >= 11 is 0. The van der Waals surface area contributed by atoms with E-state index in [2.05, 4.69) is 22.2 Å². The van der Waals surface area contributed by atoms with Gasteiger partial charge in [-0.3, -0.25) is 4.79 Å². The molecular weight excluding hydrogens is 216 g/mol. The van der Waals surface area contributed by atoms with Crippen LogP contribution in [0, 0.1) is 5.92 Å². The first-order chi connectivity index (χ1) is 8.19. The maximum absolute atomic E-state index is 11.9. The molecule has 0 saturated heterocycles. The average molecular weight is 234 g/mol. The van der Waals surface area contributed by atoms with Crippen molar-refractivity contribution in [1.29, 1.82) is 0 Å². The maximum Gasteiger partial charge on any atom is 0.271 e. The van der Waals surface area contributed by atoms with Gasteiger partial charge in [-0.2, -0.15) is 0 Å². The number of rotatable bonds is 5. The number of hydrogen-bond donors (Lipinski definition) is 2. The third-order valence-electron chi connectivity index (χ3n) is 3.05. The smallest absolute Gasteiger partial charge is 0.271 e. The van der Waals surface area contributed by atoms with Crippen LogP contribution in [0.2, 0.25) is 0 Å². The van der Waals surface area contributed by atoms with Crippen molar-refractivity contribution in [3.05, 3.63) is 18.1 Å². The Morgan fingerprint density at radius 3 is 2.82 bits per heavy atom. The van der Waals surface area contributed by atoms with Crippen LogP contribution in [0.1, 0.15) is 43.1 Å². The van der Waals surface area contributed by atoms with E-state index in [1.165, 1.54) is 25.2 Å². The third kappa shape index (κ3) is 3.41. The summed E-state index contributed by atoms with van der Waals surface area (Å²) in [6, 6.07) is 0.245. The van der Waals surface area contributed by atoms with E-state index < -0.39 is 0 Å². The third-order valence-corrected chi connectivity index (χ3v) is 3.05. The highest BCUT2D eigenvalue weighted by Crippen LogP contribution is 2.34. The number of carbonyl (C=O) groups excluding carboxylic acids is 1. The summed E-state index contributed by atoms with van der Waals surface area (Å²) < 4.78 is 0. The van der Waals surface area contributed by atoms with Gasteiger partial charge in [0.2, 0.25) is 0 Å². The molecule has 0 aromatic carbocycles. The molecule has 1 unspecified atom stereocenters. The molecule has 17 heavy (non-hydrogen) atoms. The van der Waals surface area contributed by atoms with Crippen LogP contribution < -0.4 is 11.1 Å². The van der Waals surface area contributed by atoms with Crippen LogP contribution in [0.25, 0.3) is 0 Å². The van der Waals surface area contributed by atoms with Crippen molar-refractivity contribution in [3.63, 3.8) is 0 Å². The Morgan fingerprint density at radius 1 is 1.53 bits per heavy atom. The van der Waals surface area contributed by atoms with Gasteiger partial charge in [-0.1, -0.05) is 19.8 Å². The maximum atomic E-state index is 11.9. The summed E-state index contributed by atoms with van der Waals surface area (Å²) in [7, 11) is 0. The second-order valence-electron chi connectivity index (χ2n) is 4.58. The van der Waals surface area contributed by atoms with Gasteiger partial charge < -0.3 is 11.1 Å². The molecule has 5 heteroatoms. The van der Waals surface area contributed by atoms with Crippen LogP contribution in [0.15, 0.2) is 12.4 Å². The highest BCUT2D eigenvalue weighted by Gasteiger charge is 2.25. The molecule has 1 heterocycles. The molecule has 1 atom stereocenters. The quantitative estimate of drug-likeness (QED) is 0.806. The minimum absolute atomic E-state index is 0.162. The largest absolute Gasteiger partial charge is 0.382 e. The van der Waals surface area contributed by atoms with Crippen molar-refractivity contribution in [1.82, 2.24) is 15.3 Å². The average Bonchev–Trinajstić information content (AvgIpc) is 3.13. The van der Waals surface area contributed by atoms with E-state index in [1.807, 2.05) is 0 Å². The van der Waals surface area contributed by atoms with E-state index in [9.17, 15) is 4.79 Å². The van der Waals surface area contributed by atoms with E-state index in [-0.39, 0.29) is 11.9 Å². The molecule has 92 valence electrons. The summed E-state index contributed by atoms with van der Waals surface area (Å²) in [4.78, 5) is 19.7. The first-order valence-corrected chi connectivity index (χ1v) is 6.07. The van der Waals surface area contributed by atoms with Crippen LogP contribution in [0.4, 0.5) is 5.82 Å². The zero-order chi connectivity index (χ0) is 12.3. The van der Waals surface area contributed by atoms with E-state index in [1.54, 1.807) is 0 Å². The zero-order valence-electron chi connectivity index (χ0n) is 10.0. The normalized spacial score (nSPS) is 16.5. The van der Waals surface area contributed by atoms with Crippen molar-refractivity contribution in [2.75, 3.05) is 5.73 Å². The molecule has 1 aliphatic carbocycles. The lowest BCUT2D eigenvalue weighted by atomic mass is 10.1. The van der Waals surface area contributed by atoms with Crippen LogP contribution in [-0.2, 0) is 0 Å². The standard InChI is InChI=1S/C12H18N4O/c1-2-9(5-8-3-4-8)16-12(17)10-6-15-11(13)7-14-10/h6-9H,2-5H2,1H3,(H2,13,15)(H,16,17). The molecule has 0 radical (unpaired) electrons. The SMILES string of the molecule is CCC(CC1CC1)NC(=O)c1cnc(N)cn1. The van der Waals surface area contributed by atoms with Gasteiger partial charge in [-0.05, 0) is 18.8 Å². The minimum Gasteiger partial charge on any atom is -0.382 e. The second kappa shape index (κ2) is 5.12. The van der Waals surface area contributed by atoms with Crippen LogP contribution in [-0.4, -0.2) is 21.9 Å². The number of nitrogens with two attached hydrogens (primary N) is 1. The number of aromatic nitrogens is 2. The number of hydrogen-bond acceptors (Lipinski definition) is 4. The monoisotopic (exact) mass is 234 g/mol. The summed E-state index contributed by atoms with van der Waals surface area (Å²) in [5, 5.41) is 2.99. The highest BCUT2D eigenvalue weighted by molar-refractivity contribution is 5.92. The Kier molecular flexibility index (Phi) is 3.56. The van der Waals surface area contributed by atoms with Crippen LogP contribution in [0.5, 0.6) is 0 Å². The van der Waals surface area contributed by atoms with Gasteiger partial charge in [-0.15, -0.1) is 0 Å². The molecule has 5 nitrogen and oxygen atoms in total. The van der Waals surface area contributed by atoms with E-state index in [0.717, 1.165) is 18.8 Å². The molecule has 1 aromatic rings. The van der Waals surface area contributed by atoms with E-state index in [4.69, 9.17) is 5.73 Å². The van der Waals surface area contributed by atoms with Gasteiger partial charge in [0.15, 0.2) is 0 Å². The van der Waals surface area contributed by atoms with Gasteiger partial charge in [0.25, 0.3) is 5.91 Å². The van der Waals surface area contributed by atoms with Gasteiger partial charge in [0.05, 0.1) is 12.4 Å². The molecular formula is C12H18N4O. The van der Waals surface area contributed by atoms with E-state index in [0.29, 0.717) is 11.5 Å². The Morgan fingerprint density at radius 2 is 2.29 bits per heavy atom. The minimum atomic E-state index is -0.162. The Hall–Kier alpha value is -1.65. The number of anilines is 1. The summed E-state index contributed by atoms with van der Waals surface area (Å²) in [5.74, 6) is 0.967. The van der Waals surface area contributed by atoms with Gasteiger partial charge >= 0.3 is 0 Å². The van der Waals surface area contributed by atoms with Crippen molar-refractivity contribution in [3.8, 4) is 0 Å². The fourth-order valence-electron chi connectivity index (χ4n) is 1.80. The first-order valence-electron chi connectivity index (χ1n) is 6.07. The van der Waals surface area contributed by atoms with Gasteiger partial charge in [-0.25, -0.2) is 9.97 Å². The Bertz CT molecular complexity index is 386. The summed E-state index contributed by atoms with van der Waals surface area (Å²) in [6.07, 6.45) is 7.43. The topological polar surface area (TPSA) is 80.9 Å². The predicted molar refractivity (Wildman–Crippen MR) is 65.3 cm³/mol. The lowest BCUT2D eigenvalue weighted by Gasteiger charge is -2.16. The van der Waals surface area contributed by atoms with Crippen molar-refractivity contribution >= 4 is 11.7 Å². The molecule has 1 aromatic heterocycles. The van der Waals surface area contributed by atoms with Gasteiger partial charge in [0, 0.05) is 6.04 Å². The molecule has 2 rings (SSSR count). The number of nitrogens with zero attached hydrogens (tertiary/aromatic N) is 2. The Balaban J connectivity index is 1.92. The molecule has 0 spiro atoms. The molecule has 1 amide bonds.